The Morgan fingerprint density at radius 1 is 1.53 bits per heavy atom. The standard InChI is InChI=1S/C13H20N2OS/c1-2-17-9-13(15-14)10-4-3-5-12(8-10)16-11-6-7-11/h3-5,8,11,13,15H,2,6-7,9,14H2,1H3. The van der Waals surface area contributed by atoms with Crippen LogP contribution in [0.2, 0.25) is 0 Å². The van der Waals surface area contributed by atoms with Crippen molar-refractivity contribution in [3.8, 4) is 5.75 Å². The zero-order valence-electron chi connectivity index (χ0n) is 10.2. The van der Waals surface area contributed by atoms with E-state index in [-0.39, 0.29) is 6.04 Å². The van der Waals surface area contributed by atoms with Gasteiger partial charge in [0.25, 0.3) is 0 Å². The normalized spacial score (nSPS) is 16.8. The topological polar surface area (TPSA) is 47.3 Å². The van der Waals surface area contributed by atoms with E-state index in [0.29, 0.717) is 6.10 Å². The maximum atomic E-state index is 5.79. The van der Waals surface area contributed by atoms with Gasteiger partial charge in [-0.2, -0.15) is 11.8 Å². The molecule has 1 saturated carbocycles. The van der Waals surface area contributed by atoms with Crippen molar-refractivity contribution in [1.29, 1.82) is 0 Å². The molecule has 1 aromatic rings. The van der Waals surface area contributed by atoms with E-state index in [1.54, 1.807) is 0 Å². The molecule has 1 fully saturated rings. The van der Waals surface area contributed by atoms with Crippen molar-refractivity contribution >= 4 is 11.8 Å². The highest BCUT2D eigenvalue weighted by molar-refractivity contribution is 7.99. The first-order valence-electron chi connectivity index (χ1n) is 6.14. The first-order chi connectivity index (χ1) is 8.33. The third-order valence-corrected chi connectivity index (χ3v) is 3.75. The molecule has 3 nitrogen and oxygen atoms in total. The first-order valence-corrected chi connectivity index (χ1v) is 7.29. The van der Waals surface area contributed by atoms with Crippen LogP contribution < -0.4 is 16.0 Å². The summed E-state index contributed by atoms with van der Waals surface area (Å²) in [4.78, 5) is 0. The Morgan fingerprint density at radius 2 is 2.35 bits per heavy atom. The highest BCUT2D eigenvalue weighted by Gasteiger charge is 2.23. The summed E-state index contributed by atoms with van der Waals surface area (Å²) in [6.45, 7) is 2.16. The van der Waals surface area contributed by atoms with Gasteiger partial charge in [0, 0.05) is 5.75 Å². The molecule has 1 unspecified atom stereocenters. The van der Waals surface area contributed by atoms with Gasteiger partial charge in [0.1, 0.15) is 5.75 Å². The summed E-state index contributed by atoms with van der Waals surface area (Å²) in [6, 6.07) is 8.44. The molecule has 1 aromatic carbocycles. The van der Waals surface area contributed by atoms with Crippen molar-refractivity contribution in [2.75, 3.05) is 11.5 Å². The maximum Gasteiger partial charge on any atom is 0.120 e. The van der Waals surface area contributed by atoms with E-state index in [0.717, 1.165) is 17.3 Å². The number of nitrogens with one attached hydrogen (secondary N) is 1. The number of nitrogens with two attached hydrogens (primary N) is 1. The van der Waals surface area contributed by atoms with Gasteiger partial charge in [0.15, 0.2) is 0 Å². The zero-order valence-corrected chi connectivity index (χ0v) is 11.0. The molecule has 1 aliphatic rings. The number of thioether (sulfide) groups is 1. The van der Waals surface area contributed by atoms with Crippen LogP contribution in [0, 0.1) is 0 Å². The average Bonchev–Trinajstić information content (AvgIpc) is 3.15. The third-order valence-electron chi connectivity index (χ3n) is 2.78. The van der Waals surface area contributed by atoms with Crippen LogP contribution in [0.4, 0.5) is 0 Å². The van der Waals surface area contributed by atoms with Gasteiger partial charge < -0.3 is 4.74 Å². The minimum atomic E-state index is 0.197. The monoisotopic (exact) mass is 252 g/mol. The molecule has 1 atom stereocenters. The minimum absolute atomic E-state index is 0.197. The van der Waals surface area contributed by atoms with Crippen LogP contribution in [0.5, 0.6) is 5.75 Å². The van der Waals surface area contributed by atoms with Gasteiger partial charge in [-0.25, -0.2) is 0 Å². The van der Waals surface area contributed by atoms with Crippen molar-refractivity contribution in [2.24, 2.45) is 5.84 Å². The highest BCUT2D eigenvalue weighted by atomic mass is 32.2. The molecular formula is C13H20N2OS. The van der Waals surface area contributed by atoms with Gasteiger partial charge in [-0.15, -0.1) is 0 Å². The fraction of sp³-hybridized carbons (Fsp3) is 0.538. The molecule has 94 valence electrons. The highest BCUT2D eigenvalue weighted by Crippen LogP contribution is 2.28. The fourth-order valence-corrected chi connectivity index (χ4v) is 2.42. The van der Waals surface area contributed by atoms with E-state index >= 15 is 0 Å². The second-order valence-electron chi connectivity index (χ2n) is 4.27. The van der Waals surface area contributed by atoms with Crippen LogP contribution in [-0.4, -0.2) is 17.6 Å². The van der Waals surface area contributed by atoms with Crippen LogP contribution in [0.25, 0.3) is 0 Å². The summed E-state index contributed by atoms with van der Waals surface area (Å²) in [5, 5.41) is 0. The zero-order chi connectivity index (χ0) is 12.1. The second kappa shape index (κ2) is 6.28. The third kappa shape index (κ3) is 3.91. The Balaban J connectivity index is 2.01. The molecule has 0 bridgehead atoms. The quantitative estimate of drug-likeness (QED) is 0.578. The molecule has 0 aliphatic heterocycles. The molecule has 0 aromatic heterocycles. The number of rotatable bonds is 7. The van der Waals surface area contributed by atoms with E-state index < -0.39 is 0 Å². The van der Waals surface area contributed by atoms with Gasteiger partial charge in [-0.3, -0.25) is 11.3 Å². The predicted octanol–water partition coefficient (Wildman–Crippen LogP) is 2.49. The van der Waals surface area contributed by atoms with Crippen LogP contribution in [0.3, 0.4) is 0 Å². The summed E-state index contributed by atoms with van der Waals surface area (Å²) in [7, 11) is 0. The van der Waals surface area contributed by atoms with Gasteiger partial charge in [0.05, 0.1) is 12.1 Å². The average molecular weight is 252 g/mol. The lowest BCUT2D eigenvalue weighted by molar-refractivity contribution is 0.302. The van der Waals surface area contributed by atoms with E-state index in [2.05, 4.69) is 24.5 Å². The van der Waals surface area contributed by atoms with Crippen LogP contribution in [0.1, 0.15) is 31.4 Å². The van der Waals surface area contributed by atoms with Gasteiger partial charge >= 0.3 is 0 Å². The minimum Gasteiger partial charge on any atom is -0.490 e. The second-order valence-corrected chi connectivity index (χ2v) is 5.59. The Bertz CT molecular complexity index is 355. The van der Waals surface area contributed by atoms with E-state index in [1.165, 1.54) is 18.4 Å². The molecule has 0 spiro atoms. The molecule has 0 heterocycles. The molecule has 4 heteroatoms. The van der Waals surface area contributed by atoms with Gasteiger partial charge in [-0.05, 0) is 36.3 Å². The number of hydrogen-bond donors (Lipinski definition) is 2. The lowest BCUT2D eigenvalue weighted by Gasteiger charge is -2.16. The van der Waals surface area contributed by atoms with E-state index in [4.69, 9.17) is 10.6 Å². The molecule has 17 heavy (non-hydrogen) atoms. The summed E-state index contributed by atoms with van der Waals surface area (Å²) in [5.74, 6) is 8.66. The number of ether oxygens (including phenoxy) is 1. The molecular weight excluding hydrogens is 232 g/mol. The summed E-state index contributed by atoms with van der Waals surface area (Å²) in [5.41, 5.74) is 4.07. The van der Waals surface area contributed by atoms with Crippen LogP contribution >= 0.6 is 11.8 Å². The first kappa shape index (κ1) is 12.7. The van der Waals surface area contributed by atoms with Gasteiger partial charge in [-0.1, -0.05) is 19.1 Å². The molecule has 1 aliphatic carbocycles. The molecule has 0 amide bonds. The maximum absolute atomic E-state index is 5.79. The Kier molecular flexibility index (Phi) is 4.71. The smallest absolute Gasteiger partial charge is 0.120 e. The fourth-order valence-electron chi connectivity index (χ4n) is 1.66. The summed E-state index contributed by atoms with van der Waals surface area (Å²) >= 11 is 1.88. The van der Waals surface area contributed by atoms with E-state index in [1.807, 2.05) is 23.9 Å². The van der Waals surface area contributed by atoms with Crippen molar-refractivity contribution < 1.29 is 4.74 Å². The van der Waals surface area contributed by atoms with Crippen LogP contribution in [0.15, 0.2) is 24.3 Å². The lowest BCUT2D eigenvalue weighted by atomic mass is 10.1. The van der Waals surface area contributed by atoms with Crippen molar-refractivity contribution in [1.82, 2.24) is 5.43 Å². The SMILES string of the molecule is CCSCC(NN)c1cccc(OC2CC2)c1. The summed E-state index contributed by atoms with van der Waals surface area (Å²) in [6.07, 6.45) is 2.82. The molecule has 0 radical (unpaired) electrons. The Hall–Kier alpha value is -0.710. The largest absolute Gasteiger partial charge is 0.490 e. The van der Waals surface area contributed by atoms with Crippen molar-refractivity contribution in [3.05, 3.63) is 29.8 Å². The number of benzene rings is 1. The van der Waals surface area contributed by atoms with Gasteiger partial charge in [0.2, 0.25) is 0 Å². The van der Waals surface area contributed by atoms with Crippen LogP contribution in [-0.2, 0) is 0 Å². The van der Waals surface area contributed by atoms with E-state index in [9.17, 15) is 0 Å². The lowest BCUT2D eigenvalue weighted by Crippen LogP contribution is -2.29. The Morgan fingerprint density at radius 3 is 3.00 bits per heavy atom. The summed E-state index contributed by atoms with van der Waals surface area (Å²) < 4.78 is 5.79. The Labute approximate surface area is 107 Å². The predicted molar refractivity (Wildman–Crippen MR) is 73.2 cm³/mol. The number of hydrogen-bond acceptors (Lipinski definition) is 4. The van der Waals surface area contributed by atoms with Crippen molar-refractivity contribution in [3.63, 3.8) is 0 Å². The molecule has 0 saturated heterocycles. The molecule has 2 rings (SSSR count). The molecule has 3 N–H and O–H groups in total. The van der Waals surface area contributed by atoms with Crippen molar-refractivity contribution in [2.45, 2.75) is 31.9 Å². The number of hydrazine groups is 1.